The first-order valence-corrected chi connectivity index (χ1v) is 10.4. The van der Waals surface area contributed by atoms with Gasteiger partial charge in [0.2, 0.25) is 0 Å². The molecule has 0 saturated heterocycles. The number of aliphatic imine (C=N–C) groups is 1. The minimum Gasteiger partial charge on any atom is -0.506 e. The first kappa shape index (κ1) is 22.5. The third kappa shape index (κ3) is 5.90. The van der Waals surface area contributed by atoms with Crippen LogP contribution in [0.1, 0.15) is 12.5 Å². The maximum atomic E-state index is 12.4. The Morgan fingerprint density at radius 1 is 1.13 bits per heavy atom. The average molecular weight is 460 g/mol. The van der Waals surface area contributed by atoms with E-state index in [9.17, 15) is 14.7 Å². The second-order valence-electron chi connectivity index (χ2n) is 6.20. The van der Waals surface area contributed by atoms with E-state index < -0.39 is 18.5 Å². The van der Waals surface area contributed by atoms with Crippen molar-refractivity contribution in [2.45, 2.75) is 6.92 Å². The number of aliphatic carboxylic acids is 1. The molecular formula is C22H18ClNO6S. The summed E-state index contributed by atoms with van der Waals surface area (Å²) in [6.45, 7) is 1.40. The SMILES string of the molecule is CCOC(=O)C1=C(O)/C(=C/c2ccc(OCC(=O)O)cc2)SC1=Nc1ccc(Cl)cc1. The van der Waals surface area contributed by atoms with Crippen LogP contribution in [-0.4, -0.2) is 40.4 Å². The van der Waals surface area contributed by atoms with Gasteiger partial charge in [-0.2, -0.15) is 0 Å². The minimum absolute atomic E-state index is 0.00513. The molecule has 0 atom stereocenters. The van der Waals surface area contributed by atoms with Gasteiger partial charge in [0.1, 0.15) is 22.1 Å². The van der Waals surface area contributed by atoms with E-state index in [1.807, 2.05) is 0 Å². The highest BCUT2D eigenvalue weighted by molar-refractivity contribution is 8.18. The van der Waals surface area contributed by atoms with Crippen LogP contribution in [0, 0.1) is 0 Å². The monoisotopic (exact) mass is 459 g/mol. The van der Waals surface area contributed by atoms with Gasteiger partial charge in [-0.1, -0.05) is 35.5 Å². The van der Waals surface area contributed by atoms with Gasteiger partial charge in [0.15, 0.2) is 6.61 Å². The number of hydrogen-bond donors (Lipinski definition) is 2. The molecule has 1 aliphatic heterocycles. The number of hydrogen-bond acceptors (Lipinski definition) is 7. The molecule has 0 aliphatic carbocycles. The predicted molar refractivity (Wildman–Crippen MR) is 120 cm³/mol. The molecular weight excluding hydrogens is 442 g/mol. The van der Waals surface area contributed by atoms with E-state index in [0.717, 1.165) is 11.8 Å². The van der Waals surface area contributed by atoms with Crippen LogP contribution < -0.4 is 4.74 Å². The number of carbonyl (C=O) groups excluding carboxylic acids is 1. The van der Waals surface area contributed by atoms with Crippen molar-refractivity contribution in [3.8, 4) is 5.75 Å². The van der Waals surface area contributed by atoms with Crippen molar-refractivity contribution in [2.24, 2.45) is 4.99 Å². The Hall–Kier alpha value is -3.23. The van der Waals surface area contributed by atoms with Crippen LogP contribution in [0.5, 0.6) is 5.75 Å². The van der Waals surface area contributed by atoms with E-state index in [0.29, 0.717) is 32.0 Å². The zero-order valence-electron chi connectivity index (χ0n) is 16.4. The van der Waals surface area contributed by atoms with E-state index >= 15 is 0 Å². The number of thioether (sulfide) groups is 1. The molecule has 7 nitrogen and oxygen atoms in total. The van der Waals surface area contributed by atoms with Gasteiger partial charge in [-0.15, -0.1) is 0 Å². The molecule has 2 N–H and O–H groups in total. The lowest BCUT2D eigenvalue weighted by Crippen LogP contribution is -2.12. The number of nitrogens with zero attached hydrogens (tertiary/aromatic N) is 1. The number of aliphatic hydroxyl groups is 1. The fourth-order valence-electron chi connectivity index (χ4n) is 2.58. The van der Waals surface area contributed by atoms with Crippen LogP contribution in [0.25, 0.3) is 6.08 Å². The van der Waals surface area contributed by atoms with E-state index in [1.165, 1.54) is 0 Å². The lowest BCUT2D eigenvalue weighted by atomic mass is 10.1. The molecule has 0 fully saturated rings. The van der Waals surface area contributed by atoms with Crippen LogP contribution >= 0.6 is 23.4 Å². The molecule has 160 valence electrons. The van der Waals surface area contributed by atoms with Gasteiger partial charge < -0.3 is 19.7 Å². The summed E-state index contributed by atoms with van der Waals surface area (Å²) in [4.78, 5) is 27.9. The summed E-state index contributed by atoms with van der Waals surface area (Å²) in [7, 11) is 0. The standard InChI is InChI=1S/C22H18ClNO6S/c1-2-29-22(28)19-20(27)17(31-21(19)24-15-7-5-14(23)6-8-15)11-13-3-9-16(10-4-13)30-12-18(25)26/h3-11,27H,2,12H2,1H3,(H,25,26)/b17-11-,24-21?. The van der Waals surface area contributed by atoms with Gasteiger partial charge in [0.25, 0.3) is 0 Å². The Balaban J connectivity index is 1.91. The van der Waals surface area contributed by atoms with Crippen LogP contribution in [0.4, 0.5) is 5.69 Å². The maximum Gasteiger partial charge on any atom is 0.344 e. The number of carbonyl (C=O) groups is 2. The molecule has 0 aromatic heterocycles. The van der Waals surface area contributed by atoms with Crippen LogP contribution in [0.2, 0.25) is 5.02 Å². The zero-order chi connectivity index (χ0) is 22.4. The molecule has 0 spiro atoms. The second-order valence-corrected chi connectivity index (χ2v) is 7.67. The summed E-state index contributed by atoms with van der Waals surface area (Å²) in [5.74, 6) is -1.55. The number of aliphatic hydroxyl groups excluding tert-OH is 1. The lowest BCUT2D eigenvalue weighted by Gasteiger charge is -2.04. The van der Waals surface area contributed by atoms with E-state index in [2.05, 4.69) is 4.99 Å². The van der Waals surface area contributed by atoms with Gasteiger partial charge in [-0.25, -0.2) is 14.6 Å². The van der Waals surface area contributed by atoms with E-state index in [4.69, 9.17) is 26.2 Å². The Bertz CT molecular complexity index is 1070. The van der Waals surface area contributed by atoms with Crippen LogP contribution in [0.15, 0.2) is 69.8 Å². The topological polar surface area (TPSA) is 105 Å². The van der Waals surface area contributed by atoms with Crippen molar-refractivity contribution in [3.05, 3.63) is 75.4 Å². The zero-order valence-corrected chi connectivity index (χ0v) is 17.9. The first-order valence-electron chi connectivity index (χ1n) is 9.17. The molecule has 9 heteroatoms. The average Bonchev–Trinajstić information content (AvgIpc) is 3.04. The first-order chi connectivity index (χ1) is 14.9. The normalized spacial score (nSPS) is 16.1. The molecule has 31 heavy (non-hydrogen) atoms. The third-order valence-corrected chi connectivity index (χ3v) is 5.24. The smallest absolute Gasteiger partial charge is 0.344 e. The van der Waals surface area contributed by atoms with Gasteiger partial charge in [0.05, 0.1) is 17.2 Å². The van der Waals surface area contributed by atoms with Crippen molar-refractivity contribution in [2.75, 3.05) is 13.2 Å². The van der Waals surface area contributed by atoms with Gasteiger partial charge in [-0.05, 0) is 55.0 Å². The Morgan fingerprint density at radius 2 is 1.81 bits per heavy atom. The molecule has 1 heterocycles. The number of esters is 1. The number of halogens is 1. The van der Waals surface area contributed by atoms with Crippen molar-refractivity contribution >= 4 is 52.1 Å². The minimum atomic E-state index is -1.07. The molecule has 2 aromatic rings. The summed E-state index contributed by atoms with van der Waals surface area (Å²) in [6.07, 6.45) is 1.69. The van der Waals surface area contributed by atoms with Crippen molar-refractivity contribution in [1.29, 1.82) is 0 Å². The molecule has 0 bridgehead atoms. The molecule has 0 amide bonds. The molecule has 2 aromatic carbocycles. The van der Waals surface area contributed by atoms with Gasteiger partial charge in [-0.3, -0.25) is 0 Å². The molecule has 0 saturated carbocycles. The predicted octanol–water partition coefficient (Wildman–Crippen LogP) is 5.00. The van der Waals surface area contributed by atoms with Crippen LogP contribution in [-0.2, 0) is 14.3 Å². The Morgan fingerprint density at radius 3 is 2.42 bits per heavy atom. The van der Waals surface area contributed by atoms with Gasteiger partial charge >= 0.3 is 11.9 Å². The molecule has 1 aliphatic rings. The van der Waals surface area contributed by atoms with Crippen molar-refractivity contribution < 1.29 is 29.3 Å². The number of carboxylic acid groups (broad SMARTS) is 1. The number of rotatable bonds is 7. The highest BCUT2D eigenvalue weighted by Crippen LogP contribution is 2.40. The highest BCUT2D eigenvalue weighted by atomic mass is 35.5. The highest BCUT2D eigenvalue weighted by Gasteiger charge is 2.33. The quantitative estimate of drug-likeness (QED) is 0.561. The van der Waals surface area contributed by atoms with Crippen molar-refractivity contribution in [3.63, 3.8) is 0 Å². The fourth-order valence-corrected chi connectivity index (χ4v) is 3.74. The largest absolute Gasteiger partial charge is 0.506 e. The Labute approximate surface area is 187 Å². The number of carboxylic acids is 1. The summed E-state index contributed by atoms with van der Waals surface area (Å²) in [6, 6.07) is 13.4. The molecule has 3 rings (SSSR count). The van der Waals surface area contributed by atoms with E-state index in [1.54, 1.807) is 61.5 Å². The Kier molecular flexibility index (Phi) is 7.38. The molecule has 0 radical (unpaired) electrons. The fraction of sp³-hybridized carbons (Fsp3) is 0.136. The van der Waals surface area contributed by atoms with Gasteiger partial charge in [0, 0.05) is 5.02 Å². The maximum absolute atomic E-state index is 12.4. The lowest BCUT2D eigenvalue weighted by molar-refractivity contribution is -0.139. The van der Waals surface area contributed by atoms with E-state index in [-0.39, 0.29) is 17.9 Å². The number of ether oxygens (including phenoxy) is 2. The third-order valence-electron chi connectivity index (χ3n) is 3.97. The summed E-state index contributed by atoms with van der Waals surface area (Å²) >= 11 is 7.04. The summed E-state index contributed by atoms with van der Waals surface area (Å²) in [5, 5.41) is 20.2. The second kappa shape index (κ2) is 10.2. The molecule has 0 unspecified atom stereocenters. The van der Waals surface area contributed by atoms with Crippen molar-refractivity contribution in [1.82, 2.24) is 0 Å². The van der Waals surface area contributed by atoms with Crippen LogP contribution in [0.3, 0.4) is 0 Å². The number of benzene rings is 2. The summed E-state index contributed by atoms with van der Waals surface area (Å²) < 4.78 is 10.2. The summed E-state index contributed by atoms with van der Waals surface area (Å²) in [5.41, 5.74) is 1.28.